The van der Waals surface area contributed by atoms with Crippen LogP contribution < -0.4 is 11.1 Å². The highest BCUT2D eigenvalue weighted by molar-refractivity contribution is 7.18. The molecule has 3 N–H and O–H groups in total. The van der Waals surface area contributed by atoms with Crippen LogP contribution in [-0.2, 0) is 6.54 Å². The van der Waals surface area contributed by atoms with Crippen LogP contribution >= 0.6 is 11.3 Å². The van der Waals surface area contributed by atoms with Crippen molar-refractivity contribution in [2.24, 2.45) is 0 Å². The highest BCUT2D eigenvalue weighted by atomic mass is 32.1. The Labute approximate surface area is 121 Å². The van der Waals surface area contributed by atoms with Crippen LogP contribution in [0.2, 0.25) is 0 Å². The van der Waals surface area contributed by atoms with Crippen molar-refractivity contribution < 1.29 is 4.79 Å². The number of amides is 1. The van der Waals surface area contributed by atoms with Gasteiger partial charge in [0.1, 0.15) is 10.7 Å². The predicted octanol–water partition coefficient (Wildman–Crippen LogP) is 1.82. The van der Waals surface area contributed by atoms with Gasteiger partial charge in [0.2, 0.25) is 0 Å². The van der Waals surface area contributed by atoms with Crippen LogP contribution in [0.1, 0.15) is 22.2 Å². The van der Waals surface area contributed by atoms with Crippen LogP contribution in [0.5, 0.6) is 0 Å². The van der Waals surface area contributed by atoms with Gasteiger partial charge in [0.25, 0.3) is 5.91 Å². The Morgan fingerprint density at radius 3 is 3.00 bits per heavy atom. The maximum absolute atomic E-state index is 12.4. The summed E-state index contributed by atoms with van der Waals surface area (Å²) in [4.78, 5) is 22.6. The lowest BCUT2D eigenvalue weighted by atomic mass is 10.2. The Morgan fingerprint density at radius 1 is 1.55 bits per heavy atom. The van der Waals surface area contributed by atoms with E-state index in [2.05, 4.69) is 15.3 Å². The third-order valence-corrected chi connectivity index (χ3v) is 3.68. The first kappa shape index (κ1) is 14.3. The number of nitrogens with one attached hydrogen (secondary N) is 1. The molecule has 106 valence electrons. The zero-order valence-corrected chi connectivity index (χ0v) is 12.3. The summed E-state index contributed by atoms with van der Waals surface area (Å²) in [5, 5.41) is 3.73. The largest absolute Gasteiger partial charge is 0.382 e. The van der Waals surface area contributed by atoms with Gasteiger partial charge >= 0.3 is 0 Å². The molecule has 0 radical (unpaired) electrons. The minimum Gasteiger partial charge on any atom is -0.382 e. The molecule has 20 heavy (non-hydrogen) atoms. The zero-order chi connectivity index (χ0) is 14.5. The summed E-state index contributed by atoms with van der Waals surface area (Å²) in [6, 6.07) is 3.77. The van der Waals surface area contributed by atoms with Crippen molar-refractivity contribution in [1.29, 1.82) is 0 Å². The number of aromatic nitrogens is 2. The zero-order valence-electron chi connectivity index (χ0n) is 11.5. The van der Waals surface area contributed by atoms with E-state index < -0.39 is 0 Å². The van der Waals surface area contributed by atoms with E-state index >= 15 is 0 Å². The molecular weight excluding hydrogens is 274 g/mol. The molecule has 0 atom stereocenters. The number of carbonyl (C=O) groups is 1. The summed E-state index contributed by atoms with van der Waals surface area (Å²) < 4.78 is 0. The lowest BCUT2D eigenvalue weighted by Gasteiger charge is -2.16. The second-order valence-electron chi connectivity index (χ2n) is 4.29. The Kier molecular flexibility index (Phi) is 4.52. The maximum Gasteiger partial charge on any atom is 0.267 e. The van der Waals surface area contributed by atoms with Crippen molar-refractivity contribution in [3.8, 4) is 0 Å². The number of carbonyl (C=O) groups excluding carboxylic acids is 1. The van der Waals surface area contributed by atoms with Crippen LogP contribution in [0.3, 0.4) is 0 Å². The van der Waals surface area contributed by atoms with Gasteiger partial charge in [-0.05, 0) is 18.6 Å². The molecule has 0 aliphatic rings. The van der Waals surface area contributed by atoms with Crippen molar-refractivity contribution in [2.75, 3.05) is 24.6 Å². The topological polar surface area (TPSA) is 84.1 Å². The molecule has 2 rings (SSSR count). The molecule has 0 aromatic carbocycles. The van der Waals surface area contributed by atoms with Gasteiger partial charge in [0.15, 0.2) is 5.13 Å². The molecule has 0 aliphatic heterocycles. The number of anilines is 2. The molecule has 0 saturated carbocycles. The smallest absolute Gasteiger partial charge is 0.267 e. The molecule has 6 nitrogen and oxygen atoms in total. The van der Waals surface area contributed by atoms with Crippen molar-refractivity contribution in [3.05, 3.63) is 35.0 Å². The average molecular weight is 291 g/mol. The molecule has 0 spiro atoms. The van der Waals surface area contributed by atoms with Gasteiger partial charge in [-0.15, -0.1) is 0 Å². The van der Waals surface area contributed by atoms with E-state index in [4.69, 9.17) is 5.73 Å². The molecule has 0 saturated heterocycles. The molecule has 1 amide bonds. The van der Waals surface area contributed by atoms with Gasteiger partial charge in [-0.25, -0.2) is 4.98 Å². The van der Waals surface area contributed by atoms with Gasteiger partial charge in [0.05, 0.1) is 0 Å². The van der Waals surface area contributed by atoms with E-state index in [1.165, 1.54) is 11.3 Å². The second kappa shape index (κ2) is 6.33. The van der Waals surface area contributed by atoms with Crippen LogP contribution in [0, 0.1) is 0 Å². The molecule has 2 heterocycles. The standard InChI is InChI=1S/C13H17N5OS/c1-3-16-13-17-11(14)10(20-13)12(19)18(2)8-9-5-4-6-15-7-9/h4-7H,3,8,14H2,1-2H3,(H,16,17). The highest BCUT2D eigenvalue weighted by Crippen LogP contribution is 2.26. The number of hydrogen-bond acceptors (Lipinski definition) is 6. The quantitative estimate of drug-likeness (QED) is 0.878. The van der Waals surface area contributed by atoms with Gasteiger partial charge in [-0.2, -0.15) is 0 Å². The molecule has 0 unspecified atom stereocenters. The fourth-order valence-corrected chi connectivity index (χ4v) is 2.67. The van der Waals surface area contributed by atoms with Gasteiger partial charge in [-0.1, -0.05) is 17.4 Å². The molecule has 0 fully saturated rings. The lowest BCUT2D eigenvalue weighted by molar-refractivity contribution is 0.0790. The van der Waals surface area contributed by atoms with Crippen LogP contribution in [0.15, 0.2) is 24.5 Å². The SMILES string of the molecule is CCNc1nc(N)c(C(=O)N(C)Cc2cccnc2)s1. The van der Waals surface area contributed by atoms with E-state index in [0.29, 0.717) is 16.6 Å². The molecule has 0 aliphatic carbocycles. The first-order valence-electron chi connectivity index (χ1n) is 6.26. The van der Waals surface area contributed by atoms with Crippen molar-refractivity contribution in [3.63, 3.8) is 0 Å². The molecular formula is C13H17N5OS. The van der Waals surface area contributed by atoms with Crippen molar-refractivity contribution in [1.82, 2.24) is 14.9 Å². The first-order valence-corrected chi connectivity index (χ1v) is 7.08. The lowest BCUT2D eigenvalue weighted by Crippen LogP contribution is -2.26. The van der Waals surface area contributed by atoms with Crippen molar-refractivity contribution in [2.45, 2.75) is 13.5 Å². The maximum atomic E-state index is 12.4. The average Bonchev–Trinajstić information content (AvgIpc) is 2.80. The van der Waals surface area contributed by atoms with Crippen molar-refractivity contribution >= 4 is 28.2 Å². The van der Waals surface area contributed by atoms with E-state index in [0.717, 1.165) is 12.1 Å². The van der Waals surface area contributed by atoms with E-state index in [1.54, 1.807) is 24.3 Å². The number of hydrogen-bond donors (Lipinski definition) is 2. The number of nitrogens with two attached hydrogens (primary N) is 1. The second-order valence-corrected chi connectivity index (χ2v) is 5.29. The van der Waals surface area contributed by atoms with Crippen LogP contribution in [0.25, 0.3) is 0 Å². The molecule has 7 heteroatoms. The Hall–Kier alpha value is -2.15. The fourth-order valence-electron chi connectivity index (χ4n) is 1.72. The summed E-state index contributed by atoms with van der Waals surface area (Å²) in [5.74, 6) is 0.141. The third kappa shape index (κ3) is 3.24. The Balaban J connectivity index is 2.10. The number of pyridine rings is 1. The summed E-state index contributed by atoms with van der Waals surface area (Å²) in [6.07, 6.45) is 3.44. The Bertz CT molecular complexity index is 584. The van der Waals surface area contributed by atoms with E-state index in [1.807, 2.05) is 19.1 Å². The summed E-state index contributed by atoms with van der Waals surface area (Å²) >= 11 is 1.28. The summed E-state index contributed by atoms with van der Waals surface area (Å²) in [6.45, 7) is 3.19. The minimum atomic E-state index is -0.131. The predicted molar refractivity (Wildman–Crippen MR) is 80.7 cm³/mol. The first-order chi connectivity index (χ1) is 9.61. The number of nitrogens with zero attached hydrogens (tertiary/aromatic N) is 3. The minimum absolute atomic E-state index is 0.131. The van der Waals surface area contributed by atoms with Crippen LogP contribution in [0.4, 0.5) is 10.9 Å². The van der Waals surface area contributed by atoms with Gasteiger partial charge in [-0.3, -0.25) is 9.78 Å². The third-order valence-electron chi connectivity index (χ3n) is 2.66. The fraction of sp³-hybridized carbons (Fsp3) is 0.308. The Morgan fingerprint density at radius 2 is 2.35 bits per heavy atom. The van der Waals surface area contributed by atoms with Gasteiger partial charge in [0, 0.05) is 32.5 Å². The number of nitrogen functional groups attached to an aromatic ring is 1. The van der Waals surface area contributed by atoms with E-state index in [-0.39, 0.29) is 11.7 Å². The summed E-state index contributed by atoms with van der Waals surface area (Å²) in [7, 11) is 1.74. The van der Waals surface area contributed by atoms with Gasteiger partial charge < -0.3 is 16.0 Å². The number of rotatable bonds is 5. The number of thiazole rings is 1. The molecule has 0 bridgehead atoms. The highest BCUT2D eigenvalue weighted by Gasteiger charge is 2.19. The molecule has 2 aromatic heterocycles. The normalized spacial score (nSPS) is 10.3. The molecule has 2 aromatic rings. The van der Waals surface area contributed by atoms with Crippen LogP contribution in [-0.4, -0.2) is 34.4 Å². The monoisotopic (exact) mass is 291 g/mol. The summed E-state index contributed by atoms with van der Waals surface area (Å²) in [5.41, 5.74) is 6.77. The van der Waals surface area contributed by atoms with E-state index in [9.17, 15) is 4.79 Å².